The van der Waals surface area contributed by atoms with Crippen LogP contribution in [-0.2, 0) is 0 Å². The molecule has 0 radical (unpaired) electrons. The predicted molar refractivity (Wildman–Crippen MR) is 89.3 cm³/mol. The third-order valence-electron chi connectivity index (χ3n) is 2.58. The molecule has 0 unspecified atom stereocenters. The maximum Gasteiger partial charge on any atom is 0.269 e. The van der Waals surface area contributed by atoms with Gasteiger partial charge in [0, 0.05) is 28.5 Å². The Morgan fingerprint density at radius 1 is 1.10 bits per heavy atom. The van der Waals surface area contributed by atoms with Crippen molar-refractivity contribution in [1.29, 1.82) is 0 Å². The smallest absolute Gasteiger partial charge is 0.269 e. The molecule has 0 fully saturated rings. The summed E-state index contributed by atoms with van der Waals surface area (Å²) in [6.45, 7) is 0. The van der Waals surface area contributed by atoms with E-state index in [9.17, 15) is 4.79 Å². The monoisotopic (exact) mass is 318 g/mol. The zero-order valence-corrected chi connectivity index (χ0v) is 12.9. The van der Waals surface area contributed by atoms with Gasteiger partial charge in [0.1, 0.15) is 0 Å². The summed E-state index contributed by atoms with van der Waals surface area (Å²) in [5.74, 6) is -0.278. The highest BCUT2D eigenvalue weighted by Gasteiger charge is 2.04. The average Bonchev–Trinajstić information content (AvgIpc) is 2.54. The van der Waals surface area contributed by atoms with Crippen LogP contribution < -0.4 is 16.2 Å². The molecule has 1 aromatic carbocycles. The Morgan fingerprint density at radius 3 is 2.38 bits per heavy atom. The lowest BCUT2D eigenvalue weighted by atomic mass is 10.3. The Bertz CT molecular complexity index is 617. The number of nitrogens with one attached hydrogen (secondary N) is 3. The van der Waals surface area contributed by atoms with E-state index in [0.29, 0.717) is 10.7 Å². The van der Waals surface area contributed by atoms with Gasteiger partial charge in [-0.3, -0.25) is 20.6 Å². The summed E-state index contributed by atoms with van der Waals surface area (Å²) in [5, 5.41) is 3.30. The second-order valence-electron chi connectivity index (χ2n) is 4.00. The summed E-state index contributed by atoms with van der Waals surface area (Å²) < 4.78 is 0. The number of rotatable bonds is 3. The van der Waals surface area contributed by atoms with E-state index >= 15 is 0 Å². The molecule has 108 valence electrons. The van der Waals surface area contributed by atoms with Crippen molar-refractivity contribution in [2.24, 2.45) is 0 Å². The number of hydrogen-bond donors (Lipinski definition) is 3. The first-order valence-corrected chi connectivity index (χ1v) is 7.74. The molecule has 1 amide bonds. The predicted octanol–water partition coefficient (Wildman–Crippen LogP) is 2.43. The number of anilines is 1. The zero-order valence-electron chi connectivity index (χ0n) is 11.3. The summed E-state index contributed by atoms with van der Waals surface area (Å²) >= 11 is 6.78. The molecule has 1 heterocycles. The van der Waals surface area contributed by atoms with Crippen LogP contribution in [0.4, 0.5) is 5.69 Å². The van der Waals surface area contributed by atoms with Gasteiger partial charge < -0.3 is 5.32 Å². The number of pyridine rings is 1. The third kappa shape index (κ3) is 4.73. The molecule has 0 saturated heterocycles. The third-order valence-corrected chi connectivity index (χ3v) is 3.53. The van der Waals surface area contributed by atoms with Crippen molar-refractivity contribution in [3.63, 3.8) is 0 Å². The summed E-state index contributed by atoms with van der Waals surface area (Å²) in [6.07, 6.45) is 5.13. The molecule has 0 saturated carbocycles. The van der Waals surface area contributed by atoms with Gasteiger partial charge in [0.2, 0.25) is 0 Å². The Hall–Kier alpha value is -2.12. The molecule has 0 aliphatic carbocycles. The normalized spacial score (nSPS) is 9.76. The lowest BCUT2D eigenvalue weighted by Crippen LogP contribution is -2.43. The molecule has 21 heavy (non-hydrogen) atoms. The second kappa shape index (κ2) is 7.61. The van der Waals surface area contributed by atoms with Crippen molar-refractivity contribution in [3.8, 4) is 0 Å². The maximum absolute atomic E-state index is 11.8. The standard InChI is InChI=1S/C14H14N4OS2/c1-21-12-4-2-11(3-5-12)16-14(20)18-17-13(19)10-6-8-15-9-7-10/h2-9H,1H3,(H,17,19)(H2,16,18,20). The first kappa shape index (κ1) is 15.3. The Morgan fingerprint density at radius 2 is 1.76 bits per heavy atom. The Labute approximate surface area is 132 Å². The van der Waals surface area contributed by atoms with E-state index in [-0.39, 0.29) is 5.91 Å². The van der Waals surface area contributed by atoms with Crippen LogP contribution in [0.1, 0.15) is 10.4 Å². The summed E-state index contributed by atoms with van der Waals surface area (Å²) in [5.41, 5.74) is 6.52. The number of carbonyl (C=O) groups excluding carboxylic acids is 1. The Balaban J connectivity index is 1.83. The van der Waals surface area contributed by atoms with Crippen molar-refractivity contribution in [3.05, 3.63) is 54.4 Å². The average molecular weight is 318 g/mol. The highest BCUT2D eigenvalue weighted by Crippen LogP contribution is 2.17. The van der Waals surface area contributed by atoms with Crippen LogP contribution in [0.15, 0.2) is 53.7 Å². The van der Waals surface area contributed by atoms with Crippen LogP contribution >= 0.6 is 24.0 Å². The van der Waals surface area contributed by atoms with Gasteiger partial charge in [0.05, 0.1) is 0 Å². The molecule has 7 heteroatoms. The van der Waals surface area contributed by atoms with E-state index in [0.717, 1.165) is 5.69 Å². The molecule has 1 aromatic heterocycles. The van der Waals surface area contributed by atoms with Crippen LogP contribution in [-0.4, -0.2) is 22.3 Å². The molecule has 2 aromatic rings. The van der Waals surface area contributed by atoms with Crippen LogP contribution in [0.5, 0.6) is 0 Å². The van der Waals surface area contributed by atoms with Crippen LogP contribution in [0.25, 0.3) is 0 Å². The fourth-order valence-corrected chi connectivity index (χ4v) is 2.10. The van der Waals surface area contributed by atoms with E-state index in [4.69, 9.17) is 12.2 Å². The van der Waals surface area contributed by atoms with Gasteiger partial charge in [-0.2, -0.15) is 0 Å². The molecule has 0 atom stereocenters. The minimum Gasteiger partial charge on any atom is -0.331 e. The first-order valence-electron chi connectivity index (χ1n) is 6.10. The number of thioether (sulfide) groups is 1. The van der Waals surface area contributed by atoms with E-state index in [1.807, 2.05) is 30.5 Å². The van der Waals surface area contributed by atoms with E-state index < -0.39 is 0 Å². The van der Waals surface area contributed by atoms with Crippen molar-refractivity contribution in [2.45, 2.75) is 4.90 Å². The molecule has 5 nitrogen and oxygen atoms in total. The fraction of sp³-hybridized carbons (Fsp3) is 0.0714. The number of hydrazine groups is 1. The van der Waals surface area contributed by atoms with E-state index in [1.165, 1.54) is 4.90 Å². The van der Waals surface area contributed by atoms with E-state index in [2.05, 4.69) is 21.2 Å². The van der Waals surface area contributed by atoms with Crippen molar-refractivity contribution in [1.82, 2.24) is 15.8 Å². The summed E-state index contributed by atoms with van der Waals surface area (Å²) in [7, 11) is 0. The number of carbonyl (C=O) groups is 1. The van der Waals surface area contributed by atoms with Crippen LogP contribution in [0.3, 0.4) is 0 Å². The van der Waals surface area contributed by atoms with Crippen LogP contribution in [0, 0.1) is 0 Å². The molecule has 3 N–H and O–H groups in total. The molecule has 0 spiro atoms. The second-order valence-corrected chi connectivity index (χ2v) is 5.29. The van der Waals surface area contributed by atoms with Gasteiger partial charge in [0.15, 0.2) is 5.11 Å². The molecule has 2 rings (SSSR count). The number of nitrogens with zero attached hydrogens (tertiary/aromatic N) is 1. The summed E-state index contributed by atoms with van der Waals surface area (Å²) in [4.78, 5) is 16.8. The number of hydrogen-bond acceptors (Lipinski definition) is 4. The van der Waals surface area contributed by atoms with Crippen LogP contribution in [0.2, 0.25) is 0 Å². The highest BCUT2D eigenvalue weighted by molar-refractivity contribution is 7.98. The van der Waals surface area contributed by atoms with Gasteiger partial charge in [-0.1, -0.05) is 0 Å². The SMILES string of the molecule is CSc1ccc(NC(=S)NNC(=O)c2ccncc2)cc1. The molecule has 0 aliphatic heterocycles. The minimum atomic E-state index is -0.278. The van der Waals surface area contributed by atoms with Gasteiger partial charge in [-0.05, 0) is 54.9 Å². The number of benzene rings is 1. The zero-order chi connectivity index (χ0) is 15.1. The summed E-state index contributed by atoms with van der Waals surface area (Å²) in [6, 6.07) is 11.1. The van der Waals surface area contributed by atoms with Crippen molar-refractivity contribution >= 4 is 40.7 Å². The maximum atomic E-state index is 11.8. The van der Waals surface area contributed by atoms with Gasteiger partial charge in [0.25, 0.3) is 5.91 Å². The molecule has 0 bridgehead atoms. The first-order chi connectivity index (χ1) is 10.2. The molecule has 0 aliphatic rings. The minimum absolute atomic E-state index is 0.278. The lowest BCUT2D eigenvalue weighted by molar-refractivity contribution is 0.0944. The number of amides is 1. The number of thiocarbonyl (C=S) groups is 1. The topological polar surface area (TPSA) is 66.0 Å². The van der Waals surface area contributed by atoms with Gasteiger partial charge in [-0.15, -0.1) is 11.8 Å². The van der Waals surface area contributed by atoms with Crippen molar-refractivity contribution in [2.75, 3.05) is 11.6 Å². The lowest BCUT2D eigenvalue weighted by Gasteiger charge is -2.11. The van der Waals surface area contributed by atoms with Crippen molar-refractivity contribution < 1.29 is 4.79 Å². The largest absolute Gasteiger partial charge is 0.331 e. The highest BCUT2D eigenvalue weighted by atomic mass is 32.2. The quantitative estimate of drug-likeness (QED) is 0.459. The Kier molecular flexibility index (Phi) is 5.53. The van der Waals surface area contributed by atoms with Gasteiger partial charge >= 0.3 is 0 Å². The van der Waals surface area contributed by atoms with Gasteiger partial charge in [-0.25, -0.2) is 0 Å². The fourth-order valence-electron chi connectivity index (χ4n) is 1.53. The van der Waals surface area contributed by atoms with E-state index in [1.54, 1.807) is 36.3 Å². The molecular formula is C14H14N4OS2. The molecular weight excluding hydrogens is 304 g/mol. The number of aromatic nitrogens is 1.